The van der Waals surface area contributed by atoms with Crippen LogP contribution >= 0.6 is 11.6 Å². The van der Waals surface area contributed by atoms with Crippen LogP contribution in [0.1, 0.15) is 11.1 Å². The van der Waals surface area contributed by atoms with Gasteiger partial charge < -0.3 is 9.64 Å². The minimum Gasteiger partial charge on any atom is -0.352 e. The smallest absolute Gasteiger partial charge is 0.278 e. The summed E-state index contributed by atoms with van der Waals surface area (Å²) in [6.07, 6.45) is -0.869. The summed E-state index contributed by atoms with van der Waals surface area (Å²) in [5.74, 6) is -0.211. The third-order valence-corrected chi connectivity index (χ3v) is 3.87. The lowest BCUT2D eigenvalue weighted by atomic mass is 10.0. The van der Waals surface area contributed by atoms with E-state index in [1.807, 2.05) is 42.5 Å². The average Bonchev–Trinajstić information content (AvgIpc) is 2.64. The molecule has 0 saturated carbocycles. The number of ether oxygens (including phenoxy) is 1. The van der Waals surface area contributed by atoms with Gasteiger partial charge in [-0.3, -0.25) is 4.79 Å². The van der Waals surface area contributed by atoms with Crippen LogP contribution in [-0.2, 0) is 9.53 Å². The number of anilines is 1. The van der Waals surface area contributed by atoms with E-state index >= 15 is 0 Å². The molecule has 1 aliphatic heterocycles. The Bertz CT molecular complexity index is 744. The fourth-order valence-corrected chi connectivity index (χ4v) is 2.67. The van der Waals surface area contributed by atoms with Crippen molar-refractivity contribution in [3.8, 4) is 0 Å². The summed E-state index contributed by atoms with van der Waals surface area (Å²) in [6.45, 7) is 0. The van der Waals surface area contributed by atoms with Crippen LogP contribution in [0.25, 0.3) is 0 Å². The van der Waals surface area contributed by atoms with Crippen molar-refractivity contribution >= 4 is 28.9 Å². The molecule has 5 heteroatoms. The Hall–Kier alpha value is -2.17. The maximum absolute atomic E-state index is 12.5. The highest BCUT2D eigenvalue weighted by Gasteiger charge is 2.29. The zero-order valence-electron chi connectivity index (χ0n) is 12.3. The van der Waals surface area contributed by atoms with E-state index in [2.05, 4.69) is 4.99 Å². The molecule has 0 saturated heterocycles. The predicted molar refractivity (Wildman–Crippen MR) is 87.7 cm³/mol. The van der Waals surface area contributed by atoms with E-state index in [1.54, 1.807) is 18.0 Å². The van der Waals surface area contributed by atoms with Crippen molar-refractivity contribution in [3.05, 3.63) is 64.7 Å². The van der Waals surface area contributed by atoms with Crippen LogP contribution in [0, 0.1) is 0 Å². The Balaban J connectivity index is 2.27. The molecule has 0 fully saturated rings. The zero-order chi connectivity index (χ0) is 15.7. The quantitative estimate of drug-likeness (QED) is 0.854. The van der Waals surface area contributed by atoms with Gasteiger partial charge in [0.25, 0.3) is 5.91 Å². The number of benzene rings is 2. The second-order valence-electron chi connectivity index (χ2n) is 4.99. The van der Waals surface area contributed by atoms with E-state index in [-0.39, 0.29) is 5.91 Å². The molecule has 1 aliphatic rings. The van der Waals surface area contributed by atoms with Crippen LogP contribution in [0.3, 0.4) is 0 Å². The van der Waals surface area contributed by atoms with Crippen LogP contribution in [0.5, 0.6) is 0 Å². The van der Waals surface area contributed by atoms with Gasteiger partial charge in [0.2, 0.25) is 6.23 Å². The van der Waals surface area contributed by atoms with Crippen LogP contribution in [0.4, 0.5) is 5.69 Å². The zero-order valence-corrected chi connectivity index (χ0v) is 13.0. The van der Waals surface area contributed by atoms with Crippen LogP contribution in [0.15, 0.2) is 53.5 Å². The molecular weight excluding hydrogens is 300 g/mol. The summed E-state index contributed by atoms with van der Waals surface area (Å²) in [6, 6.07) is 15.1. The number of rotatable bonds is 2. The van der Waals surface area contributed by atoms with Crippen molar-refractivity contribution in [1.82, 2.24) is 0 Å². The number of carbonyl (C=O) groups excluding carboxylic acids is 1. The van der Waals surface area contributed by atoms with Crippen LogP contribution < -0.4 is 4.90 Å². The van der Waals surface area contributed by atoms with Crippen molar-refractivity contribution in [1.29, 1.82) is 0 Å². The lowest BCUT2D eigenvalue weighted by Gasteiger charge is -2.19. The third-order valence-electron chi connectivity index (χ3n) is 3.63. The number of nitrogens with zero attached hydrogens (tertiary/aromatic N) is 2. The maximum Gasteiger partial charge on any atom is 0.278 e. The number of benzodiazepines with no additional fused rings is 1. The van der Waals surface area contributed by atoms with Gasteiger partial charge in [0.15, 0.2) is 0 Å². The second-order valence-corrected chi connectivity index (χ2v) is 5.43. The number of aliphatic imine (C=N–C) groups is 1. The standard InChI is InChI=1S/C17H15ClN2O2/c1-20-14-9-8-12(18)10-13(14)15(11-6-4-3-5-7-11)19-16(22-2)17(20)21/h3-10,16H,1-2H3/t16-/m0/s1. The van der Waals surface area contributed by atoms with Crippen molar-refractivity contribution < 1.29 is 9.53 Å². The molecule has 1 atom stereocenters. The van der Waals surface area contributed by atoms with Gasteiger partial charge in [0, 0.05) is 30.3 Å². The fourth-order valence-electron chi connectivity index (χ4n) is 2.50. The van der Waals surface area contributed by atoms with Gasteiger partial charge in [-0.2, -0.15) is 0 Å². The summed E-state index contributed by atoms with van der Waals surface area (Å²) in [5.41, 5.74) is 3.18. The van der Waals surface area contributed by atoms with Gasteiger partial charge in [-0.25, -0.2) is 4.99 Å². The molecular formula is C17H15ClN2O2. The average molecular weight is 315 g/mol. The summed E-state index contributed by atoms with van der Waals surface area (Å²) in [7, 11) is 3.19. The molecule has 2 aromatic rings. The number of likely N-dealkylation sites (N-methyl/N-ethyl adjacent to an activating group) is 1. The first-order valence-electron chi connectivity index (χ1n) is 6.85. The number of amides is 1. The first-order chi connectivity index (χ1) is 10.6. The van der Waals surface area contributed by atoms with Crippen molar-refractivity contribution in [2.45, 2.75) is 6.23 Å². The van der Waals surface area contributed by atoms with Crippen molar-refractivity contribution in [3.63, 3.8) is 0 Å². The molecule has 0 bridgehead atoms. The predicted octanol–water partition coefficient (Wildman–Crippen LogP) is 3.13. The van der Waals surface area contributed by atoms with E-state index in [0.717, 1.165) is 16.8 Å². The Morgan fingerprint density at radius 2 is 1.91 bits per heavy atom. The lowest BCUT2D eigenvalue weighted by Crippen LogP contribution is -2.35. The first kappa shape index (κ1) is 14.8. The Morgan fingerprint density at radius 1 is 1.18 bits per heavy atom. The number of fused-ring (bicyclic) bond motifs is 1. The highest BCUT2D eigenvalue weighted by molar-refractivity contribution is 6.32. The molecule has 1 amide bonds. The highest BCUT2D eigenvalue weighted by Crippen LogP contribution is 2.30. The Labute approximate surface area is 134 Å². The number of hydrogen-bond donors (Lipinski definition) is 0. The molecule has 3 rings (SSSR count). The molecule has 0 radical (unpaired) electrons. The van der Waals surface area contributed by atoms with Gasteiger partial charge in [0.05, 0.1) is 11.4 Å². The second kappa shape index (κ2) is 5.91. The van der Waals surface area contributed by atoms with Crippen molar-refractivity contribution in [2.24, 2.45) is 4.99 Å². The number of halogens is 1. The van der Waals surface area contributed by atoms with E-state index in [0.29, 0.717) is 10.7 Å². The summed E-state index contributed by atoms with van der Waals surface area (Å²) in [4.78, 5) is 18.5. The normalized spacial score (nSPS) is 17.8. The molecule has 0 N–H and O–H groups in total. The summed E-state index contributed by atoms with van der Waals surface area (Å²) >= 11 is 6.15. The van der Waals surface area contributed by atoms with Gasteiger partial charge in [-0.05, 0) is 18.2 Å². The minimum absolute atomic E-state index is 0.211. The molecule has 0 unspecified atom stereocenters. The topological polar surface area (TPSA) is 41.9 Å². The summed E-state index contributed by atoms with van der Waals surface area (Å²) < 4.78 is 5.26. The van der Waals surface area contributed by atoms with Crippen molar-refractivity contribution in [2.75, 3.05) is 19.1 Å². The molecule has 112 valence electrons. The Kier molecular flexibility index (Phi) is 3.96. The van der Waals surface area contributed by atoms with E-state index < -0.39 is 6.23 Å². The molecule has 0 spiro atoms. The van der Waals surface area contributed by atoms with E-state index in [1.165, 1.54) is 7.11 Å². The number of hydrogen-bond acceptors (Lipinski definition) is 3. The third kappa shape index (κ3) is 2.51. The van der Waals surface area contributed by atoms with Gasteiger partial charge in [-0.1, -0.05) is 41.9 Å². The fraction of sp³-hybridized carbons (Fsp3) is 0.176. The minimum atomic E-state index is -0.869. The molecule has 2 aromatic carbocycles. The van der Waals surface area contributed by atoms with Crippen LogP contribution in [0.2, 0.25) is 5.02 Å². The first-order valence-corrected chi connectivity index (χ1v) is 7.23. The lowest BCUT2D eigenvalue weighted by molar-refractivity contribution is -0.127. The van der Waals surface area contributed by atoms with Gasteiger partial charge >= 0.3 is 0 Å². The number of carbonyl (C=O) groups is 1. The molecule has 22 heavy (non-hydrogen) atoms. The van der Waals surface area contributed by atoms with Gasteiger partial charge in [0.1, 0.15) is 0 Å². The molecule has 0 aromatic heterocycles. The van der Waals surface area contributed by atoms with Gasteiger partial charge in [-0.15, -0.1) is 0 Å². The maximum atomic E-state index is 12.5. The Morgan fingerprint density at radius 3 is 2.59 bits per heavy atom. The highest BCUT2D eigenvalue weighted by atomic mass is 35.5. The van der Waals surface area contributed by atoms with Crippen LogP contribution in [-0.4, -0.2) is 32.0 Å². The summed E-state index contributed by atoms with van der Waals surface area (Å²) in [5, 5.41) is 0.596. The van der Waals surface area contributed by atoms with E-state index in [9.17, 15) is 4.79 Å². The SMILES string of the molecule is CO[C@@H]1N=C(c2ccccc2)c2cc(Cl)ccc2N(C)C1=O. The molecule has 4 nitrogen and oxygen atoms in total. The van der Waals surface area contributed by atoms with E-state index in [4.69, 9.17) is 16.3 Å². The largest absolute Gasteiger partial charge is 0.352 e. The number of methoxy groups -OCH3 is 1. The molecule has 1 heterocycles. The molecule has 0 aliphatic carbocycles. The monoisotopic (exact) mass is 314 g/mol.